The molecular weight excluding hydrogens is 164 g/mol. The van der Waals surface area contributed by atoms with Gasteiger partial charge >= 0.3 is 5.70 Å². The summed E-state index contributed by atoms with van der Waals surface area (Å²) in [4.78, 5) is 23.2. The van der Waals surface area contributed by atoms with Crippen molar-refractivity contribution in [3.8, 4) is 0 Å². The van der Waals surface area contributed by atoms with Gasteiger partial charge in [0.05, 0.1) is 11.1 Å². The Kier molecular flexibility index (Phi) is 3.41. The van der Waals surface area contributed by atoms with Crippen molar-refractivity contribution in [2.24, 2.45) is 16.5 Å². The number of rotatable bonds is 3. The Labute approximate surface area is 67.9 Å². The normalized spacial score (nSPS) is 12.8. The molecule has 0 fully saturated rings. The molecule has 7 heteroatoms. The summed E-state index contributed by atoms with van der Waals surface area (Å²) in [5.41, 5.74) is 8.65. The number of nitro groups is 1. The van der Waals surface area contributed by atoms with Crippen LogP contribution < -0.4 is 11.5 Å². The van der Waals surface area contributed by atoms with Crippen molar-refractivity contribution < 1.29 is 9.72 Å². The van der Waals surface area contributed by atoms with Gasteiger partial charge in [-0.2, -0.15) is 0 Å². The fraction of sp³-hybridized carbons (Fsp3) is 0.200. The topological polar surface area (TPSA) is 125 Å². The SMILES string of the molecule is C/N=C(C(N)=O)/C(=C\N)[N+](=O)[O-]. The maximum absolute atomic E-state index is 10.5. The van der Waals surface area contributed by atoms with E-state index in [4.69, 9.17) is 11.5 Å². The highest BCUT2D eigenvalue weighted by Crippen LogP contribution is 1.96. The number of amides is 1. The van der Waals surface area contributed by atoms with E-state index in [1.165, 1.54) is 7.05 Å². The first-order chi connectivity index (χ1) is 5.54. The van der Waals surface area contributed by atoms with Crippen LogP contribution in [0.25, 0.3) is 0 Å². The molecule has 7 nitrogen and oxygen atoms in total. The average molecular weight is 172 g/mol. The molecule has 0 aromatic carbocycles. The van der Waals surface area contributed by atoms with Gasteiger partial charge < -0.3 is 11.5 Å². The van der Waals surface area contributed by atoms with Gasteiger partial charge in [0.15, 0.2) is 0 Å². The Balaban J connectivity index is 4.99. The Bertz CT molecular complexity index is 240. The molecule has 12 heavy (non-hydrogen) atoms. The highest BCUT2D eigenvalue weighted by atomic mass is 16.6. The highest BCUT2D eigenvalue weighted by molar-refractivity contribution is 6.44. The Hall–Kier alpha value is -1.92. The summed E-state index contributed by atoms with van der Waals surface area (Å²) in [7, 11) is 1.22. The summed E-state index contributed by atoms with van der Waals surface area (Å²) in [6.45, 7) is 0. The van der Waals surface area contributed by atoms with Gasteiger partial charge in [0.2, 0.25) is 5.71 Å². The van der Waals surface area contributed by atoms with Gasteiger partial charge in [0.25, 0.3) is 5.91 Å². The Morgan fingerprint density at radius 1 is 1.67 bits per heavy atom. The first-order valence-electron chi connectivity index (χ1n) is 2.87. The number of hydrogen-bond acceptors (Lipinski definition) is 5. The van der Waals surface area contributed by atoms with E-state index in [0.29, 0.717) is 6.20 Å². The van der Waals surface area contributed by atoms with Crippen molar-refractivity contribution >= 4 is 11.6 Å². The third-order valence-electron chi connectivity index (χ3n) is 1.05. The molecule has 0 spiro atoms. The minimum absolute atomic E-state index is 0.442. The lowest BCUT2D eigenvalue weighted by atomic mass is 10.3. The fourth-order valence-corrected chi connectivity index (χ4v) is 0.577. The van der Waals surface area contributed by atoms with E-state index in [-0.39, 0.29) is 0 Å². The number of aliphatic imine (C=N–C) groups is 1. The molecule has 0 aliphatic heterocycles. The summed E-state index contributed by atoms with van der Waals surface area (Å²) in [6, 6.07) is 0. The number of carbonyl (C=O) groups is 1. The maximum Gasteiger partial charge on any atom is 0.315 e. The highest BCUT2D eigenvalue weighted by Gasteiger charge is 2.22. The Morgan fingerprint density at radius 3 is 2.25 bits per heavy atom. The summed E-state index contributed by atoms with van der Waals surface area (Å²) >= 11 is 0. The molecule has 0 radical (unpaired) electrons. The lowest BCUT2D eigenvalue weighted by Gasteiger charge is -1.96. The van der Waals surface area contributed by atoms with Crippen LogP contribution >= 0.6 is 0 Å². The van der Waals surface area contributed by atoms with E-state index < -0.39 is 22.2 Å². The van der Waals surface area contributed by atoms with Crippen LogP contribution in [-0.4, -0.2) is 23.6 Å². The minimum Gasteiger partial charge on any atom is -0.399 e. The zero-order chi connectivity index (χ0) is 9.72. The monoisotopic (exact) mass is 172 g/mol. The van der Waals surface area contributed by atoms with Crippen LogP contribution in [0.15, 0.2) is 16.9 Å². The molecule has 0 unspecified atom stereocenters. The van der Waals surface area contributed by atoms with Gasteiger partial charge in [-0.05, 0) is 0 Å². The van der Waals surface area contributed by atoms with Crippen LogP contribution in [0.1, 0.15) is 0 Å². The average Bonchev–Trinajstić information content (AvgIpc) is 1.98. The molecule has 1 amide bonds. The molecule has 0 aliphatic carbocycles. The van der Waals surface area contributed by atoms with Crippen molar-refractivity contribution in [2.75, 3.05) is 7.05 Å². The molecule has 0 atom stereocenters. The second-order valence-electron chi connectivity index (χ2n) is 1.75. The van der Waals surface area contributed by atoms with Gasteiger partial charge in [-0.3, -0.25) is 19.9 Å². The zero-order valence-corrected chi connectivity index (χ0v) is 6.35. The van der Waals surface area contributed by atoms with Gasteiger partial charge in [-0.1, -0.05) is 0 Å². The molecular formula is C5H8N4O3. The summed E-state index contributed by atoms with van der Waals surface area (Å²) < 4.78 is 0. The third kappa shape index (κ3) is 2.04. The third-order valence-corrected chi connectivity index (χ3v) is 1.05. The van der Waals surface area contributed by atoms with Crippen molar-refractivity contribution in [3.05, 3.63) is 22.0 Å². The van der Waals surface area contributed by atoms with Crippen LogP contribution in [-0.2, 0) is 4.79 Å². The second kappa shape index (κ2) is 4.06. The van der Waals surface area contributed by atoms with Crippen LogP contribution in [0.5, 0.6) is 0 Å². The molecule has 66 valence electrons. The molecule has 0 saturated heterocycles. The van der Waals surface area contributed by atoms with Crippen molar-refractivity contribution in [1.82, 2.24) is 0 Å². The van der Waals surface area contributed by atoms with Gasteiger partial charge in [-0.15, -0.1) is 0 Å². The predicted molar refractivity (Wildman–Crippen MR) is 41.8 cm³/mol. The molecule has 0 aliphatic rings. The molecule has 0 aromatic heterocycles. The molecule has 0 aromatic rings. The Morgan fingerprint density at radius 2 is 2.17 bits per heavy atom. The number of hydrogen-bond donors (Lipinski definition) is 2. The van der Waals surface area contributed by atoms with E-state index in [2.05, 4.69) is 4.99 Å². The smallest absolute Gasteiger partial charge is 0.315 e. The lowest BCUT2D eigenvalue weighted by Crippen LogP contribution is -2.28. The van der Waals surface area contributed by atoms with Gasteiger partial charge in [-0.25, -0.2) is 0 Å². The van der Waals surface area contributed by atoms with Crippen LogP contribution in [0.3, 0.4) is 0 Å². The summed E-state index contributed by atoms with van der Waals surface area (Å²) in [5.74, 6) is -0.981. The number of nitrogens with two attached hydrogens (primary N) is 2. The van der Waals surface area contributed by atoms with Crippen molar-refractivity contribution in [2.45, 2.75) is 0 Å². The van der Waals surface area contributed by atoms with Crippen LogP contribution in [0.4, 0.5) is 0 Å². The summed E-state index contributed by atoms with van der Waals surface area (Å²) in [6.07, 6.45) is 0.674. The number of carbonyl (C=O) groups excluding carboxylic acids is 1. The van der Waals surface area contributed by atoms with E-state index in [9.17, 15) is 14.9 Å². The molecule has 0 heterocycles. The molecule has 0 rings (SSSR count). The van der Waals surface area contributed by atoms with E-state index in [0.717, 1.165) is 0 Å². The quantitative estimate of drug-likeness (QED) is 0.309. The zero-order valence-electron chi connectivity index (χ0n) is 6.35. The van der Waals surface area contributed by atoms with Gasteiger partial charge in [0, 0.05) is 7.05 Å². The summed E-state index contributed by atoms with van der Waals surface area (Å²) in [5, 5.41) is 10.2. The number of nitrogens with zero attached hydrogens (tertiary/aromatic N) is 2. The van der Waals surface area contributed by atoms with Gasteiger partial charge in [0.1, 0.15) is 0 Å². The van der Waals surface area contributed by atoms with Crippen LogP contribution in [0.2, 0.25) is 0 Å². The van der Waals surface area contributed by atoms with Crippen molar-refractivity contribution in [3.63, 3.8) is 0 Å². The first kappa shape index (κ1) is 10.1. The minimum atomic E-state index is -0.981. The van der Waals surface area contributed by atoms with E-state index in [1.807, 2.05) is 0 Å². The lowest BCUT2D eigenvalue weighted by molar-refractivity contribution is -0.415. The largest absolute Gasteiger partial charge is 0.399 e. The van der Waals surface area contributed by atoms with Crippen molar-refractivity contribution in [1.29, 1.82) is 0 Å². The van der Waals surface area contributed by atoms with E-state index in [1.54, 1.807) is 0 Å². The second-order valence-corrected chi connectivity index (χ2v) is 1.75. The van der Waals surface area contributed by atoms with E-state index >= 15 is 0 Å². The predicted octanol–water partition coefficient (Wildman–Crippen LogP) is -1.38. The fourth-order valence-electron chi connectivity index (χ4n) is 0.577. The number of primary amides is 1. The molecule has 0 bridgehead atoms. The first-order valence-corrected chi connectivity index (χ1v) is 2.87. The van der Waals surface area contributed by atoms with Crippen LogP contribution in [0, 0.1) is 10.1 Å². The molecule has 4 N–H and O–H groups in total. The standard InChI is InChI=1S/C5H8N4O3/c1-8-4(5(7)10)3(2-6)9(11)12/h2H,6H2,1H3,(H2,7,10)/b3-2+,8-4-. The molecule has 0 saturated carbocycles. The maximum atomic E-state index is 10.5.